The maximum absolute atomic E-state index is 13.2. The van der Waals surface area contributed by atoms with Crippen molar-refractivity contribution in [1.82, 2.24) is 15.2 Å². The van der Waals surface area contributed by atoms with Crippen LogP contribution in [0, 0.1) is 12.7 Å². The molecule has 0 spiro atoms. The molecule has 0 amide bonds. The van der Waals surface area contributed by atoms with Gasteiger partial charge in [-0.25, -0.2) is 9.37 Å². The fourth-order valence-corrected chi connectivity index (χ4v) is 2.27. The van der Waals surface area contributed by atoms with E-state index in [0.29, 0.717) is 17.5 Å². The first kappa shape index (κ1) is 18.1. The van der Waals surface area contributed by atoms with Crippen molar-refractivity contribution < 1.29 is 26.7 Å². The number of benzene rings is 1. The van der Waals surface area contributed by atoms with Gasteiger partial charge in [-0.1, -0.05) is 17.7 Å². The van der Waals surface area contributed by atoms with Crippen LogP contribution in [0.15, 0.2) is 34.9 Å². The van der Waals surface area contributed by atoms with E-state index in [4.69, 9.17) is 20.8 Å². The average Bonchev–Trinajstić information content (AvgIpc) is 3.03. The molecule has 0 saturated carbocycles. The monoisotopic (exact) mass is 387 g/mol. The van der Waals surface area contributed by atoms with E-state index in [1.807, 2.05) is 0 Å². The molecular formula is C16H10ClF4N3O2. The fraction of sp³-hybridized carbons (Fsp3) is 0.188. The molecule has 10 heteroatoms. The molecule has 0 unspecified atom stereocenters. The van der Waals surface area contributed by atoms with Crippen molar-refractivity contribution in [2.45, 2.75) is 19.7 Å². The highest BCUT2D eigenvalue weighted by molar-refractivity contribution is 6.32. The van der Waals surface area contributed by atoms with Crippen LogP contribution in [-0.4, -0.2) is 15.2 Å². The third-order valence-electron chi connectivity index (χ3n) is 3.34. The van der Waals surface area contributed by atoms with Crippen LogP contribution in [0.2, 0.25) is 5.02 Å². The first-order chi connectivity index (χ1) is 12.2. The van der Waals surface area contributed by atoms with Crippen molar-refractivity contribution in [3.8, 4) is 17.3 Å². The number of aryl methyl sites for hydroxylation is 1. The Morgan fingerprint density at radius 3 is 2.65 bits per heavy atom. The Bertz CT molecular complexity index is 943. The molecule has 0 aliphatic carbocycles. The third-order valence-corrected chi connectivity index (χ3v) is 3.63. The zero-order chi connectivity index (χ0) is 18.9. The normalized spacial score (nSPS) is 11.6. The molecule has 0 aliphatic rings. The van der Waals surface area contributed by atoms with Crippen molar-refractivity contribution in [1.29, 1.82) is 0 Å². The molecule has 136 valence electrons. The summed E-state index contributed by atoms with van der Waals surface area (Å²) in [6, 6.07) is 4.78. The Balaban J connectivity index is 1.77. The van der Waals surface area contributed by atoms with Gasteiger partial charge in [-0.2, -0.15) is 13.2 Å². The second-order valence-corrected chi connectivity index (χ2v) is 5.66. The van der Waals surface area contributed by atoms with Gasteiger partial charge in [0.2, 0.25) is 0 Å². The summed E-state index contributed by atoms with van der Waals surface area (Å²) in [7, 11) is 0. The van der Waals surface area contributed by atoms with E-state index in [1.54, 1.807) is 13.0 Å². The lowest BCUT2D eigenvalue weighted by molar-refractivity contribution is -0.137. The van der Waals surface area contributed by atoms with E-state index in [0.717, 1.165) is 6.07 Å². The lowest BCUT2D eigenvalue weighted by atomic mass is 10.2. The van der Waals surface area contributed by atoms with Gasteiger partial charge in [0.1, 0.15) is 17.3 Å². The SMILES string of the molecule is Cc1ccc(F)cc1OCc1nnc(-c2ncc(C(F)(F)F)cc2Cl)o1. The van der Waals surface area contributed by atoms with Gasteiger partial charge in [-0.05, 0) is 24.6 Å². The van der Waals surface area contributed by atoms with Crippen LogP contribution in [0.25, 0.3) is 11.6 Å². The molecule has 2 heterocycles. The molecule has 0 radical (unpaired) electrons. The number of aromatic nitrogens is 3. The maximum atomic E-state index is 13.2. The quantitative estimate of drug-likeness (QED) is 0.600. The number of pyridine rings is 1. The number of hydrogen-bond donors (Lipinski definition) is 0. The van der Waals surface area contributed by atoms with E-state index >= 15 is 0 Å². The molecule has 0 N–H and O–H groups in total. The number of rotatable bonds is 4. The minimum atomic E-state index is -4.56. The molecule has 0 atom stereocenters. The van der Waals surface area contributed by atoms with Crippen molar-refractivity contribution in [2.75, 3.05) is 0 Å². The van der Waals surface area contributed by atoms with Crippen LogP contribution in [0.4, 0.5) is 17.6 Å². The molecule has 26 heavy (non-hydrogen) atoms. The Labute approximate surface area is 149 Å². The summed E-state index contributed by atoms with van der Waals surface area (Å²) in [5, 5.41) is 7.13. The molecule has 2 aromatic heterocycles. The summed E-state index contributed by atoms with van der Waals surface area (Å²) in [5.74, 6) is -0.285. The molecule has 0 saturated heterocycles. The number of halogens is 5. The Hall–Kier alpha value is -2.68. The van der Waals surface area contributed by atoms with Crippen LogP contribution in [0.3, 0.4) is 0 Å². The first-order valence-electron chi connectivity index (χ1n) is 7.18. The van der Waals surface area contributed by atoms with Gasteiger partial charge >= 0.3 is 6.18 Å². The summed E-state index contributed by atoms with van der Waals surface area (Å²) in [5.41, 5.74) is -0.366. The van der Waals surface area contributed by atoms with Crippen LogP contribution in [0.5, 0.6) is 5.75 Å². The highest BCUT2D eigenvalue weighted by Crippen LogP contribution is 2.33. The average molecular weight is 388 g/mol. The minimum absolute atomic E-state index is 0.0291. The second-order valence-electron chi connectivity index (χ2n) is 5.25. The summed E-state index contributed by atoms with van der Waals surface area (Å²) >= 11 is 5.83. The zero-order valence-corrected chi connectivity index (χ0v) is 13.9. The van der Waals surface area contributed by atoms with Crippen molar-refractivity contribution in [2.24, 2.45) is 0 Å². The number of alkyl halides is 3. The summed E-state index contributed by atoms with van der Waals surface area (Å²) in [6.07, 6.45) is -3.94. The van der Waals surface area contributed by atoms with Crippen LogP contribution >= 0.6 is 11.6 Å². The van der Waals surface area contributed by atoms with E-state index in [9.17, 15) is 17.6 Å². The molecule has 5 nitrogen and oxygen atoms in total. The van der Waals surface area contributed by atoms with Gasteiger partial charge in [0.15, 0.2) is 6.61 Å². The highest BCUT2D eigenvalue weighted by Gasteiger charge is 2.32. The molecule has 0 bridgehead atoms. The molecular weight excluding hydrogens is 378 g/mol. The van der Waals surface area contributed by atoms with Gasteiger partial charge in [0, 0.05) is 12.3 Å². The predicted octanol–water partition coefficient (Wildman–Crippen LogP) is 4.83. The van der Waals surface area contributed by atoms with Gasteiger partial charge in [0.05, 0.1) is 10.6 Å². The smallest absolute Gasteiger partial charge is 0.417 e. The summed E-state index contributed by atoms with van der Waals surface area (Å²) in [4.78, 5) is 3.63. The van der Waals surface area contributed by atoms with Gasteiger partial charge in [0.25, 0.3) is 11.8 Å². The Morgan fingerprint density at radius 1 is 1.19 bits per heavy atom. The molecule has 1 aromatic carbocycles. The minimum Gasteiger partial charge on any atom is -0.483 e. The number of ether oxygens (including phenoxy) is 1. The van der Waals surface area contributed by atoms with Gasteiger partial charge < -0.3 is 9.15 Å². The van der Waals surface area contributed by atoms with E-state index < -0.39 is 17.6 Å². The van der Waals surface area contributed by atoms with Crippen LogP contribution < -0.4 is 4.74 Å². The lowest BCUT2D eigenvalue weighted by Gasteiger charge is -2.07. The Morgan fingerprint density at radius 2 is 1.96 bits per heavy atom. The standard InChI is InChI=1S/C16H10ClF4N3O2/c1-8-2-3-10(18)5-12(8)25-7-13-23-24-15(26-13)14-11(17)4-9(6-22-14)16(19,20)21/h2-6H,7H2,1H3. The molecule has 0 fully saturated rings. The topological polar surface area (TPSA) is 61.0 Å². The number of nitrogens with zero attached hydrogens (tertiary/aromatic N) is 3. The highest BCUT2D eigenvalue weighted by atomic mass is 35.5. The zero-order valence-electron chi connectivity index (χ0n) is 13.1. The molecule has 3 aromatic rings. The van der Waals surface area contributed by atoms with E-state index in [2.05, 4.69) is 15.2 Å². The van der Waals surface area contributed by atoms with Crippen LogP contribution in [0.1, 0.15) is 17.0 Å². The van der Waals surface area contributed by atoms with Crippen LogP contribution in [-0.2, 0) is 12.8 Å². The lowest BCUT2D eigenvalue weighted by Crippen LogP contribution is -2.05. The number of hydrogen-bond acceptors (Lipinski definition) is 5. The van der Waals surface area contributed by atoms with E-state index in [1.165, 1.54) is 12.1 Å². The molecule has 3 rings (SSSR count). The van der Waals surface area contributed by atoms with Crippen molar-refractivity contribution >= 4 is 11.6 Å². The molecule has 0 aliphatic heterocycles. The largest absolute Gasteiger partial charge is 0.483 e. The van der Waals surface area contributed by atoms with Crippen molar-refractivity contribution in [3.63, 3.8) is 0 Å². The summed E-state index contributed by atoms with van der Waals surface area (Å²) < 4.78 is 61.8. The van der Waals surface area contributed by atoms with E-state index in [-0.39, 0.29) is 29.1 Å². The van der Waals surface area contributed by atoms with Crippen molar-refractivity contribution in [3.05, 3.63) is 58.3 Å². The first-order valence-corrected chi connectivity index (χ1v) is 7.56. The maximum Gasteiger partial charge on any atom is 0.417 e. The van der Waals surface area contributed by atoms with Gasteiger partial charge in [-0.3, -0.25) is 0 Å². The van der Waals surface area contributed by atoms with Gasteiger partial charge in [-0.15, -0.1) is 10.2 Å². The Kier molecular flexibility index (Phi) is 4.82. The third kappa shape index (κ3) is 3.93. The summed E-state index contributed by atoms with van der Waals surface area (Å²) in [6.45, 7) is 1.58. The second kappa shape index (κ2) is 6.91. The fourth-order valence-electron chi connectivity index (χ4n) is 2.03. The predicted molar refractivity (Wildman–Crippen MR) is 83.0 cm³/mol.